The highest BCUT2D eigenvalue weighted by Crippen LogP contribution is 2.29. The summed E-state index contributed by atoms with van der Waals surface area (Å²) in [5.41, 5.74) is 0.930. The van der Waals surface area contributed by atoms with Crippen molar-refractivity contribution in [3.63, 3.8) is 0 Å². The molecular formula is C20H18N2O5S. The summed E-state index contributed by atoms with van der Waals surface area (Å²) in [6.07, 6.45) is -0.944. The Balaban J connectivity index is 1.67. The second kappa shape index (κ2) is 8.18. The minimum atomic E-state index is -0.944. The first-order valence-corrected chi connectivity index (χ1v) is 9.34. The molecule has 1 heterocycles. The summed E-state index contributed by atoms with van der Waals surface area (Å²) < 4.78 is 6.04. The van der Waals surface area contributed by atoms with E-state index in [0.717, 1.165) is 10.3 Å². The van der Waals surface area contributed by atoms with Gasteiger partial charge in [-0.1, -0.05) is 30.3 Å². The van der Waals surface area contributed by atoms with E-state index in [2.05, 4.69) is 0 Å². The van der Waals surface area contributed by atoms with Crippen LogP contribution < -0.4 is 0 Å². The van der Waals surface area contributed by atoms with E-state index in [1.165, 1.54) is 35.3 Å². The third kappa shape index (κ3) is 4.34. The molecule has 0 N–H and O–H groups in total. The number of carbonyl (C=O) groups is 2. The lowest BCUT2D eigenvalue weighted by Crippen LogP contribution is -2.37. The molecule has 144 valence electrons. The van der Waals surface area contributed by atoms with E-state index in [4.69, 9.17) is 4.74 Å². The topological polar surface area (TPSA) is 89.7 Å². The van der Waals surface area contributed by atoms with Gasteiger partial charge in [-0.05, 0) is 24.6 Å². The van der Waals surface area contributed by atoms with Crippen LogP contribution in [-0.2, 0) is 16.1 Å². The average Bonchev–Trinajstić information content (AvgIpc) is 3.11. The normalized spacial score (nSPS) is 11.8. The number of rotatable bonds is 6. The van der Waals surface area contributed by atoms with Gasteiger partial charge in [0, 0.05) is 35.8 Å². The largest absolute Gasteiger partial charge is 0.448 e. The van der Waals surface area contributed by atoms with Gasteiger partial charge in [-0.2, -0.15) is 0 Å². The Morgan fingerprint density at radius 2 is 1.89 bits per heavy atom. The zero-order valence-corrected chi connectivity index (χ0v) is 16.1. The number of ether oxygens (including phenoxy) is 1. The van der Waals surface area contributed by atoms with E-state index in [0.29, 0.717) is 16.8 Å². The summed E-state index contributed by atoms with van der Waals surface area (Å²) >= 11 is 1.17. The molecule has 28 heavy (non-hydrogen) atoms. The molecule has 3 aromatic rings. The number of carbonyl (C=O) groups excluding carboxylic acids is 2. The van der Waals surface area contributed by atoms with Crippen LogP contribution in [0.4, 0.5) is 5.69 Å². The number of hydrogen-bond acceptors (Lipinski definition) is 6. The molecule has 1 aromatic heterocycles. The molecule has 0 unspecified atom stereocenters. The molecule has 0 fully saturated rings. The van der Waals surface area contributed by atoms with Crippen LogP contribution in [0.1, 0.15) is 22.2 Å². The van der Waals surface area contributed by atoms with Crippen molar-refractivity contribution in [2.24, 2.45) is 0 Å². The van der Waals surface area contributed by atoms with Gasteiger partial charge in [0.05, 0.1) is 4.92 Å². The molecule has 0 aliphatic heterocycles. The molecule has 0 aliphatic carbocycles. The van der Waals surface area contributed by atoms with Crippen molar-refractivity contribution < 1.29 is 19.2 Å². The fourth-order valence-corrected chi connectivity index (χ4v) is 3.69. The standard InChI is InChI=1S/C20H18N2O5S/c1-13(19(23)21(2)12-14-6-4-3-5-7-14)27-20(24)18-11-15-10-16(22(25)26)8-9-17(15)28-18/h3-11,13H,12H2,1-2H3/t13-/m1/s1. The van der Waals surface area contributed by atoms with Crippen molar-refractivity contribution >= 4 is 39.0 Å². The van der Waals surface area contributed by atoms with Crippen LogP contribution in [0.15, 0.2) is 54.6 Å². The maximum atomic E-state index is 12.5. The SMILES string of the molecule is C[C@@H](OC(=O)c1cc2cc([N+](=O)[O-])ccc2s1)C(=O)N(C)Cc1ccccc1. The number of benzene rings is 2. The number of amides is 1. The second-order valence-electron chi connectivity index (χ2n) is 6.32. The first-order valence-electron chi connectivity index (χ1n) is 8.53. The van der Waals surface area contributed by atoms with Gasteiger partial charge >= 0.3 is 5.97 Å². The number of non-ortho nitro benzene ring substituents is 1. The van der Waals surface area contributed by atoms with Crippen molar-refractivity contribution in [2.75, 3.05) is 7.05 Å². The Bertz CT molecular complexity index is 1030. The van der Waals surface area contributed by atoms with Crippen LogP contribution in [0.5, 0.6) is 0 Å². The molecule has 7 nitrogen and oxygen atoms in total. The van der Waals surface area contributed by atoms with Crippen LogP contribution in [0.3, 0.4) is 0 Å². The van der Waals surface area contributed by atoms with Crippen LogP contribution in [0.25, 0.3) is 10.1 Å². The minimum Gasteiger partial charge on any atom is -0.448 e. The van der Waals surface area contributed by atoms with Gasteiger partial charge in [0.2, 0.25) is 0 Å². The van der Waals surface area contributed by atoms with E-state index in [1.807, 2.05) is 30.3 Å². The molecule has 0 saturated carbocycles. The van der Waals surface area contributed by atoms with Crippen molar-refractivity contribution in [1.29, 1.82) is 0 Å². The lowest BCUT2D eigenvalue weighted by molar-refractivity contribution is -0.384. The predicted octanol–water partition coefficient (Wildman–Crippen LogP) is 4.01. The van der Waals surface area contributed by atoms with Gasteiger partial charge in [-0.15, -0.1) is 11.3 Å². The fraction of sp³-hybridized carbons (Fsp3) is 0.200. The maximum Gasteiger partial charge on any atom is 0.349 e. The molecule has 0 bridgehead atoms. The summed E-state index contributed by atoms with van der Waals surface area (Å²) in [6.45, 7) is 1.94. The summed E-state index contributed by atoms with van der Waals surface area (Å²) in [5, 5.41) is 11.5. The molecule has 1 amide bonds. The van der Waals surface area contributed by atoms with Crippen molar-refractivity contribution in [3.8, 4) is 0 Å². The average molecular weight is 398 g/mol. The zero-order valence-electron chi connectivity index (χ0n) is 15.3. The van der Waals surface area contributed by atoms with Crippen LogP contribution in [-0.4, -0.2) is 34.9 Å². The Morgan fingerprint density at radius 3 is 2.57 bits per heavy atom. The third-order valence-electron chi connectivity index (χ3n) is 4.18. The third-order valence-corrected chi connectivity index (χ3v) is 5.28. The molecule has 0 saturated heterocycles. The van der Waals surface area contributed by atoms with E-state index in [-0.39, 0.29) is 11.6 Å². The quantitative estimate of drug-likeness (QED) is 0.355. The molecule has 1 atom stereocenters. The summed E-state index contributed by atoms with van der Waals surface area (Å²) in [4.78, 5) is 37.1. The van der Waals surface area contributed by atoms with Crippen molar-refractivity contribution in [1.82, 2.24) is 4.90 Å². The summed E-state index contributed by atoms with van der Waals surface area (Å²) in [5.74, 6) is -0.938. The van der Waals surface area contributed by atoms with E-state index < -0.39 is 17.0 Å². The van der Waals surface area contributed by atoms with Crippen molar-refractivity contribution in [3.05, 3.63) is 75.2 Å². The number of nitro groups is 1. The van der Waals surface area contributed by atoms with Gasteiger partial charge in [0.15, 0.2) is 6.10 Å². The number of hydrogen-bond donors (Lipinski definition) is 0. The number of nitro benzene ring substituents is 1. The second-order valence-corrected chi connectivity index (χ2v) is 7.40. The highest BCUT2D eigenvalue weighted by molar-refractivity contribution is 7.20. The van der Waals surface area contributed by atoms with Crippen LogP contribution >= 0.6 is 11.3 Å². The molecule has 0 spiro atoms. The van der Waals surface area contributed by atoms with Gasteiger partial charge in [0.25, 0.3) is 11.6 Å². The van der Waals surface area contributed by atoms with Crippen LogP contribution in [0, 0.1) is 10.1 Å². The zero-order chi connectivity index (χ0) is 20.3. The Morgan fingerprint density at radius 1 is 1.18 bits per heavy atom. The smallest absolute Gasteiger partial charge is 0.349 e. The van der Waals surface area contributed by atoms with Gasteiger partial charge in [-0.3, -0.25) is 14.9 Å². The number of esters is 1. The number of fused-ring (bicyclic) bond motifs is 1. The molecular weight excluding hydrogens is 380 g/mol. The van der Waals surface area contributed by atoms with E-state index >= 15 is 0 Å². The monoisotopic (exact) mass is 398 g/mol. The van der Waals surface area contributed by atoms with E-state index in [1.54, 1.807) is 19.2 Å². The lowest BCUT2D eigenvalue weighted by atomic mass is 10.2. The van der Waals surface area contributed by atoms with Crippen LogP contribution in [0.2, 0.25) is 0 Å². The fourth-order valence-electron chi connectivity index (χ4n) is 2.76. The molecule has 8 heteroatoms. The Hall–Kier alpha value is -3.26. The number of likely N-dealkylation sites (N-methyl/N-ethyl adjacent to an activating group) is 1. The number of nitrogens with zero attached hydrogens (tertiary/aromatic N) is 2. The lowest BCUT2D eigenvalue weighted by Gasteiger charge is -2.21. The first-order chi connectivity index (χ1) is 13.3. The first kappa shape index (κ1) is 19.5. The Labute approximate surface area is 165 Å². The van der Waals surface area contributed by atoms with Gasteiger partial charge in [0.1, 0.15) is 4.88 Å². The highest BCUT2D eigenvalue weighted by atomic mass is 32.1. The highest BCUT2D eigenvalue weighted by Gasteiger charge is 2.23. The Kier molecular flexibility index (Phi) is 5.70. The van der Waals surface area contributed by atoms with Crippen molar-refractivity contribution in [2.45, 2.75) is 19.6 Å². The molecule has 0 aliphatic rings. The van der Waals surface area contributed by atoms with E-state index in [9.17, 15) is 19.7 Å². The van der Waals surface area contributed by atoms with Gasteiger partial charge in [-0.25, -0.2) is 4.79 Å². The minimum absolute atomic E-state index is 0.0451. The number of thiophene rings is 1. The maximum absolute atomic E-state index is 12.5. The van der Waals surface area contributed by atoms with Gasteiger partial charge < -0.3 is 9.64 Å². The molecule has 0 radical (unpaired) electrons. The summed E-state index contributed by atoms with van der Waals surface area (Å²) in [6, 6.07) is 15.4. The summed E-state index contributed by atoms with van der Waals surface area (Å²) in [7, 11) is 1.65. The molecule has 3 rings (SSSR count). The molecule has 2 aromatic carbocycles. The predicted molar refractivity (Wildman–Crippen MR) is 106 cm³/mol.